The highest BCUT2D eigenvalue weighted by Gasteiger charge is 2.06. The number of fused-ring (bicyclic) bond motifs is 3. The van der Waals surface area contributed by atoms with E-state index in [2.05, 4.69) is 54.4 Å². The molecular weight excluding hydrogens is 302 g/mol. The Morgan fingerprint density at radius 2 is 1.44 bits per heavy atom. The van der Waals surface area contributed by atoms with Crippen molar-refractivity contribution in [3.8, 4) is 0 Å². The van der Waals surface area contributed by atoms with Gasteiger partial charge in [0.25, 0.3) is 0 Å². The van der Waals surface area contributed by atoms with Crippen LogP contribution < -0.4 is 0 Å². The molecule has 0 N–H and O–H groups in total. The average molecular weight is 327 g/mol. The monoisotopic (exact) mass is 327 g/mol. The van der Waals surface area contributed by atoms with Crippen LogP contribution in [0.3, 0.4) is 0 Å². The van der Waals surface area contributed by atoms with Gasteiger partial charge in [0.05, 0.1) is 5.52 Å². The average Bonchev–Trinajstić information content (AvgIpc) is 2.70. The van der Waals surface area contributed by atoms with Crippen LogP contribution in [0.4, 0.5) is 0 Å². The predicted molar refractivity (Wildman–Crippen MR) is 109 cm³/mol. The molecule has 0 amide bonds. The van der Waals surface area contributed by atoms with Crippen LogP contribution >= 0.6 is 0 Å². The zero-order chi connectivity index (χ0) is 17.3. The van der Waals surface area contributed by atoms with Crippen LogP contribution in [0.15, 0.2) is 85.1 Å². The lowest BCUT2D eigenvalue weighted by Gasteiger charge is -2.09. The van der Waals surface area contributed by atoms with E-state index in [-0.39, 0.29) is 0 Å². The number of aryl methyl sites for hydroxylation is 1. The maximum absolute atomic E-state index is 4.60. The summed E-state index contributed by atoms with van der Waals surface area (Å²) < 4.78 is 0. The Morgan fingerprint density at radius 3 is 2.16 bits per heavy atom. The lowest BCUT2D eigenvalue weighted by molar-refractivity contribution is 0.720. The van der Waals surface area contributed by atoms with Crippen molar-refractivity contribution in [1.82, 2.24) is 4.98 Å². The van der Waals surface area contributed by atoms with E-state index in [1.807, 2.05) is 42.6 Å². The summed E-state index contributed by atoms with van der Waals surface area (Å²) in [4.78, 5) is 4.60. The minimum absolute atomic E-state index is 1.12. The Kier molecular flexibility index (Phi) is 6.17. The van der Waals surface area contributed by atoms with Crippen molar-refractivity contribution in [2.24, 2.45) is 0 Å². The highest BCUT2D eigenvalue weighted by molar-refractivity contribution is 6.07. The third kappa shape index (κ3) is 4.45. The van der Waals surface area contributed by atoms with Gasteiger partial charge >= 0.3 is 0 Å². The number of aromatic nitrogens is 1. The second kappa shape index (κ2) is 8.98. The second-order valence-corrected chi connectivity index (χ2v) is 6.27. The van der Waals surface area contributed by atoms with Crippen LogP contribution in [0.5, 0.6) is 0 Å². The van der Waals surface area contributed by atoms with Crippen molar-refractivity contribution in [3.63, 3.8) is 0 Å². The van der Waals surface area contributed by atoms with Gasteiger partial charge in [0.1, 0.15) is 0 Å². The molecule has 0 atom stereocenters. The summed E-state index contributed by atoms with van der Waals surface area (Å²) in [5, 5.41) is 3.91. The molecule has 4 aromatic rings. The van der Waals surface area contributed by atoms with Gasteiger partial charge in [-0.05, 0) is 29.9 Å². The van der Waals surface area contributed by atoms with Crippen LogP contribution in [0.25, 0.3) is 21.7 Å². The number of benzene rings is 3. The Bertz CT molecular complexity index is 886. The zero-order valence-electron chi connectivity index (χ0n) is 14.9. The van der Waals surface area contributed by atoms with Gasteiger partial charge < -0.3 is 0 Å². The molecule has 1 heteroatoms. The summed E-state index contributed by atoms with van der Waals surface area (Å²) in [7, 11) is 0. The molecule has 0 fully saturated rings. The number of pyridine rings is 1. The molecular formula is C24H25N. The topological polar surface area (TPSA) is 12.9 Å². The molecule has 1 heterocycles. The van der Waals surface area contributed by atoms with E-state index in [1.54, 1.807) is 0 Å². The fraction of sp³-hybridized carbons (Fsp3) is 0.208. The van der Waals surface area contributed by atoms with E-state index < -0.39 is 0 Å². The summed E-state index contributed by atoms with van der Waals surface area (Å²) in [6.45, 7) is 2.25. The number of nitrogens with zero attached hydrogens (tertiary/aromatic N) is 1. The third-order valence-corrected chi connectivity index (χ3v) is 4.42. The van der Waals surface area contributed by atoms with Gasteiger partial charge in [0.15, 0.2) is 0 Å². The SMILES string of the molecule is CCCCCc1cccc2ncc3ccccc3c12.c1ccccc1. The van der Waals surface area contributed by atoms with Gasteiger partial charge in [-0.15, -0.1) is 0 Å². The lowest BCUT2D eigenvalue weighted by Crippen LogP contribution is -1.90. The molecule has 0 saturated heterocycles. The molecule has 3 aromatic carbocycles. The van der Waals surface area contributed by atoms with Crippen LogP contribution in [0.1, 0.15) is 31.7 Å². The van der Waals surface area contributed by atoms with Crippen LogP contribution in [-0.4, -0.2) is 4.98 Å². The van der Waals surface area contributed by atoms with Crippen molar-refractivity contribution in [1.29, 1.82) is 0 Å². The molecule has 1 nitrogen and oxygen atoms in total. The number of hydrogen-bond acceptors (Lipinski definition) is 1. The van der Waals surface area contributed by atoms with Gasteiger partial charge in [-0.1, -0.05) is 92.6 Å². The first kappa shape index (κ1) is 17.2. The smallest absolute Gasteiger partial charge is 0.0711 e. The van der Waals surface area contributed by atoms with Crippen LogP contribution in [0.2, 0.25) is 0 Å². The van der Waals surface area contributed by atoms with E-state index in [4.69, 9.17) is 0 Å². The van der Waals surface area contributed by atoms with Crippen molar-refractivity contribution in [2.75, 3.05) is 0 Å². The Balaban J connectivity index is 0.000000258. The Morgan fingerprint density at radius 1 is 0.720 bits per heavy atom. The molecule has 1 aromatic heterocycles. The van der Waals surface area contributed by atoms with Crippen LogP contribution in [-0.2, 0) is 6.42 Å². The fourth-order valence-corrected chi connectivity index (χ4v) is 3.14. The maximum atomic E-state index is 4.60. The molecule has 0 saturated carbocycles. The standard InChI is InChI=1S/C18H19N.C6H6/c1-2-3-4-8-14-10-7-12-17-18(14)16-11-6-5-9-15(16)13-19-17;1-2-4-6-5-3-1/h5-7,9-13H,2-4,8H2,1H3;1-6H. The van der Waals surface area contributed by atoms with E-state index in [0.717, 1.165) is 11.9 Å². The largest absolute Gasteiger partial charge is 0.256 e. The molecule has 0 unspecified atom stereocenters. The Hall–Kier alpha value is -2.67. The fourth-order valence-electron chi connectivity index (χ4n) is 3.14. The van der Waals surface area contributed by atoms with E-state index >= 15 is 0 Å². The van der Waals surface area contributed by atoms with Gasteiger partial charge in [-0.25, -0.2) is 0 Å². The van der Waals surface area contributed by atoms with Crippen molar-refractivity contribution < 1.29 is 0 Å². The molecule has 4 rings (SSSR count). The third-order valence-electron chi connectivity index (χ3n) is 4.42. The van der Waals surface area contributed by atoms with E-state index in [0.29, 0.717) is 0 Å². The van der Waals surface area contributed by atoms with Crippen LogP contribution in [0, 0.1) is 0 Å². The molecule has 25 heavy (non-hydrogen) atoms. The molecule has 0 aliphatic rings. The van der Waals surface area contributed by atoms with Gasteiger partial charge in [0.2, 0.25) is 0 Å². The minimum atomic E-state index is 1.12. The highest BCUT2D eigenvalue weighted by atomic mass is 14.6. The van der Waals surface area contributed by atoms with E-state index in [9.17, 15) is 0 Å². The lowest BCUT2D eigenvalue weighted by atomic mass is 9.98. The maximum Gasteiger partial charge on any atom is 0.0711 e. The summed E-state index contributed by atoms with van der Waals surface area (Å²) >= 11 is 0. The minimum Gasteiger partial charge on any atom is -0.256 e. The highest BCUT2D eigenvalue weighted by Crippen LogP contribution is 2.27. The van der Waals surface area contributed by atoms with Crippen molar-refractivity contribution >= 4 is 21.7 Å². The number of hydrogen-bond donors (Lipinski definition) is 0. The molecule has 0 radical (unpaired) electrons. The van der Waals surface area contributed by atoms with Gasteiger partial charge in [0, 0.05) is 17.0 Å². The second-order valence-electron chi connectivity index (χ2n) is 6.27. The first-order valence-corrected chi connectivity index (χ1v) is 9.15. The zero-order valence-corrected chi connectivity index (χ0v) is 14.9. The van der Waals surface area contributed by atoms with Crippen molar-refractivity contribution in [3.05, 3.63) is 90.6 Å². The normalized spacial score (nSPS) is 10.4. The van der Waals surface area contributed by atoms with Gasteiger partial charge in [-0.3, -0.25) is 4.98 Å². The summed E-state index contributed by atoms with van der Waals surface area (Å²) in [6, 6.07) is 27.1. The summed E-state index contributed by atoms with van der Waals surface area (Å²) in [5.41, 5.74) is 2.56. The number of unbranched alkanes of at least 4 members (excludes halogenated alkanes) is 2. The molecule has 0 aliphatic carbocycles. The van der Waals surface area contributed by atoms with E-state index in [1.165, 1.54) is 41.0 Å². The molecule has 0 spiro atoms. The summed E-state index contributed by atoms with van der Waals surface area (Å²) in [5.74, 6) is 0. The molecule has 0 bridgehead atoms. The van der Waals surface area contributed by atoms with Crippen molar-refractivity contribution in [2.45, 2.75) is 32.6 Å². The predicted octanol–water partition coefficient (Wildman–Crippen LogP) is 6.81. The first-order chi connectivity index (χ1) is 12.4. The molecule has 126 valence electrons. The van der Waals surface area contributed by atoms with Gasteiger partial charge in [-0.2, -0.15) is 0 Å². The Labute approximate surface area is 150 Å². The molecule has 0 aliphatic heterocycles. The number of rotatable bonds is 4. The first-order valence-electron chi connectivity index (χ1n) is 9.15. The quantitative estimate of drug-likeness (QED) is 0.296. The summed E-state index contributed by atoms with van der Waals surface area (Å²) in [6.07, 6.45) is 6.96.